The standard InChI is InChI=1S/C24H34N4O5S.C19H31N3O5S.C14H13NO/c1-16-12-21(26-34(30,31)27(3)4)22(28(16)23(29)32-5)15-33-20-10-11-24(14-18(24)13-20)17-6-8-19(25-2)9-7-17;1-7-17-18(12-14(2)22(17)19(23)27-6)21(28(24,25)20(3)4)13-15-8-10-16(26-5)11-9-15;1-15-12-4-2-10(3-5-12)14-7-6-13(16)8-11(14)9-14/h6-9,16,18,20-22,26H,10-15H2,1,3-5H3;8-11,14,17-18H,7,12-13H2,1-6H3;2-5,11H,6-9H2/t16-,18?,20?,21+,22+,24?;14-,17+,18+;/m11./s1. The Hall–Kier alpha value is -5.65. The van der Waals surface area contributed by atoms with Crippen molar-refractivity contribution in [3.8, 4) is 5.75 Å². The number of rotatable bonds is 15. The second-order valence-corrected chi connectivity index (χ2v) is 26.1. The van der Waals surface area contributed by atoms with Crippen molar-refractivity contribution in [2.45, 2.75) is 151 Å². The third-order valence-electron chi connectivity index (χ3n) is 17.2. The molecule has 3 aromatic carbocycles. The Labute approximate surface area is 462 Å². The van der Waals surface area contributed by atoms with E-state index in [1.54, 1.807) is 16.9 Å². The number of fused-ring (bicyclic) bond motifs is 2. The van der Waals surface area contributed by atoms with Crippen LogP contribution >= 0.6 is 0 Å². The number of ketones is 1. The van der Waals surface area contributed by atoms with Crippen LogP contribution in [0.2, 0.25) is 0 Å². The number of amides is 2. The molecule has 0 spiro atoms. The number of nitrogens with zero attached hydrogens (tertiary/aromatic N) is 7. The molecule has 0 aromatic heterocycles. The van der Waals surface area contributed by atoms with Crippen LogP contribution in [0.1, 0.15) is 108 Å². The van der Waals surface area contributed by atoms with Crippen molar-refractivity contribution in [3.63, 3.8) is 0 Å². The van der Waals surface area contributed by atoms with E-state index < -0.39 is 44.7 Å². The number of benzene rings is 3. The van der Waals surface area contributed by atoms with Crippen LogP contribution in [-0.4, -0.2) is 156 Å². The fraction of sp³-hybridized carbons (Fsp3) is 0.596. The number of carbonyl (C=O) groups excluding carboxylic acids is 3. The van der Waals surface area contributed by atoms with E-state index in [1.165, 1.54) is 62.1 Å². The molecule has 2 aliphatic heterocycles. The van der Waals surface area contributed by atoms with Crippen molar-refractivity contribution in [1.29, 1.82) is 0 Å². The zero-order valence-electron chi connectivity index (χ0n) is 46.8. The maximum absolute atomic E-state index is 13.2. The summed E-state index contributed by atoms with van der Waals surface area (Å²) in [5, 5.41) is 0. The lowest BCUT2D eigenvalue weighted by Gasteiger charge is -2.35. The maximum atomic E-state index is 13.2. The van der Waals surface area contributed by atoms with E-state index in [-0.39, 0.29) is 54.3 Å². The topological polar surface area (TPSA) is 193 Å². The van der Waals surface area contributed by atoms with Gasteiger partial charge >= 0.3 is 12.2 Å². The summed E-state index contributed by atoms with van der Waals surface area (Å²) in [4.78, 5) is 46.2. The fourth-order valence-electron chi connectivity index (χ4n) is 12.7. The molecule has 21 heteroatoms. The van der Waals surface area contributed by atoms with Crippen LogP contribution in [0.5, 0.6) is 5.75 Å². The Morgan fingerprint density at radius 3 is 1.76 bits per heavy atom. The first-order valence-electron chi connectivity index (χ1n) is 26.9. The minimum atomic E-state index is -3.70. The summed E-state index contributed by atoms with van der Waals surface area (Å²) < 4.78 is 79.3. The first kappa shape index (κ1) is 60.0. The van der Waals surface area contributed by atoms with Gasteiger partial charge in [0.1, 0.15) is 11.5 Å². The van der Waals surface area contributed by atoms with Crippen molar-refractivity contribution in [3.05, 3.63) is 112 Å². The highest BCUT2D eigenvalue weighted by Crippen LogP contribution is 2.63. The van der Waals surface area contributed by atoms with E-state index in [1.807, 2.05) is 69.3 Å². The van der Waals surface area contributed by atoms with Gasteiger partial charge in [-0.2, -0.15) is 34.5 Å². The van der Waals surface area contributed by atoms with Crippen LogP contribution < -0.4 is 9.46 Å². The Kier molecular flexibility index (Phi) is 19.1. The van der Waals surface area contributed by atoms with Gasteiger partial charge in [-0.1, -0.05) is 67.6 Å². The molecule has 0 radical (unpaired) electrons. The Balaban J connectivity index is 0.000000180. The van der Waals surface area contributed by atoms with E-state index in [0.29, 0.717) is 54.0 Å². The summed E-state index contributed by atoms with van der Waals surface area (Å²) in [6, 6.07) is 21.5. The molecule has 11 atom stereocenters. The van der Waals surface area contributed by atoms with Crippen LogP contribution in [0.3, 0.4) is 0 Å². The molecule has 424 valence electrons. The summed E-state index contributed by atoms with van der Waals surface area (Å²) in [7, 11) is 2.91. The van der Waals surface area contributed by atoms with E-state index in [2.05, 4.69) is 38.7 Å². The van der Waals surface area contributed by atoms with Gasteiger partial charge in [0.15, 0.2) is 11.4 Å². The zero-order chi connectivity index (χ0) is 56.9. The number of hydrogen-bond acceptors (Lipinski definition) is 11. The van der Waals surface area contributed by atoms with Crippen LogP contribution in [0.15, 0.2) is 72.8 Å². The van der Waals surface area contributed by atoms with Crippen molar-refractivity contribution in [2.24, 2.45) is 11.8 Å². The highest BCUT2D eigenvalue weighted by Gasteiger charge is 2.59. The average Bonchev–Trinajstić information content (AvgIpc) is 4.49. The number of carbonyl (C=O) groups is 3. The molecule has 2 saturated heterocycles. The molecule has 9 rings (SSSR count). The van der Waals surface area contributed by atoms with Gasteiger partial charge in [0.25, 0.3) is 20.4 Å². The Morgan fingerprint density at radius 1 is 0.731 bits per heavy atom. The van der Waals surface area contributed by atoms with E-state index in [0.717, 1.165) is 61.2 Å². The number of likely N-dealkylation sites (tertiary alicyclic amines) is 2. The SMILES string of the molecule is CC[C@H]1[C@@H](N(Cc2ccc(OC)cc2)S(=O)(=O)N(C)C)C[C@@H](C)N1C(=O)OC.[C-]#[N+]c1ccc(C23CCC(=O)CC2C3)cc1.[C-]#[N+]c1ccc(C23CCC(OC[C@H]4[C@@H](NS(=O)(=O)N(C)C)C[C@@H](C)N4C(=O)OC)CC2C3)cc1. The van der Waals surface area contributed by atoms with Gasteiger partial charge in [0.05, 0.1) is 59.3 Å². The van der Waals surface area contributed by atoms with Gasteiger partial charge in [0, 0.05) is 71.7 Å². The molecule has 1 N–H and O–H groups in total. The molecular weight excluding hydrogens is 1040 g/mol. The maximum Gasteiger partial charge on any atom is 0.410 e. The van der Waals surface area contributed by atoms with Gasteiger partial charge in [-0.25, -0.2) is 19.3 Å². The van der Waals surface area contributed by atoms with Gasteiger partial charge in [0.2, 0.25) is 0 Å². The summed E-state index contributed by atoms with van der Waals surface area (Å²) >= 11 is 0. The molecule has 19 nitrogen and oxygen atoms in total. The molecule has 2 heterocycles. The van der Waals surface area contributed by atoms with E-state index >= 15 is 0 Å². The summed E-state index contributed by atoms with van der Waals surface area (Å²) in [6.45, 7) is 20.3. The highest BCUT2D eigenvalue weighted by atomic mass is 32.2. The van der Waals surface area contributed by atoms with Gasteiger partial charge in [-0.3, -0.25) is 9.69 Å². The summed E-state index contributed by atoms with van der Waals surface area (Å²) in [5.74, 6) is 2.26. The molecular formula is C57H78N8O11S2. The largest absolute Gasteiger partial charge is 0.497 e. The highest BCUT2D eigenvalue weighted by molar-refractivity contribution is 7.87. The predicted molar refractivity (Wildman–Crippen MR) is 296 cm³/mol. The van der Waals surface area contributed by atoms with E-state index in [4.69, 9.17) is 32.1 Å². The lowest BCUT2D eigenvalue weighted by molar-refractivity contribution is -0.120. The number of hydrogen-bond donors (Lipinski definition) is 1. The summed E-state index contributed by atoms with van der Waals surface area (Å²) in [6.07, 6.45) is 8.54. The number of ether oxygens (including phenoxy) is 4. The second-order valence-electron chi connectivity index (χ2n) is 22.1. The van der Waals surface area contributed by atoms with Gasteiger partial charge < -0.3 is 23.8 Å². The molecule has 3 aromatic rings. The van der Waals surface area contributed by atoms with Crippen LogP contribution in [0, 0.1) is 25.0 Å². The molecule has 5 unspecified atom stereocenters. The summed E-state index contributed by atoms with van der Waals surface area (Å²) in [5.41, 5.74) is 5.34. The number of methoxy groups -OCH3 is 3. The first-order chi connectivity index (χ1) is 37.0. The second kappa shape index (κ2) is 24.8. The van der Waals surface area contributed by atoms with Crippen molar-refractivity contribution < 1.29 is 50.2 Å². The predicted octanol–water partition coefficient (Wildman–Crippen LogP) is 8.62. The van der Waals surface area contributed by atoms with Gasteiger partial charge in [-0.15, -0.1) is 0 Å². The first-order valence-corrected chi connectivity index (χ1v) is 29.7. The molecule has 0 bridgehead atoms. The molecule has 2 amide bonds. The molecule has 4 saturated carbocycles. The van der Waals surface area contributed by atoms with Gasteiger partial charge in [-0.05, 0) is 123 Å². The van der Waals surface area contributed by atoms with Crippen LogP contribution in [-0.2, 0) is 56.8 Å². The number of nitrogens with one attached hydrogen (secondary N) is 1. The fourth-order valence-corrected chi connectivity index (χ4v) is 14.8. The molecule has 78 heavy (non-hydrogen) atoms. The molecule has 4 aliphatic carbocycles. The van der Waals surface area contributed by atoms with Crippen molar-refractivity contribution in [2.75, 3.05) is 56.1 Å². The minimum Gasteiger partial charge on any atom is -0.497 e. The van der Waals surface area contributed by atoms with Crippen LogP contribution in [0.4, 0.5) is 21.0 Å². The monoisotopic (exact) mass is 1110 g/mol. The Bertz CT molecular complexity index is 2910. The van der Waals surface area contributed by atoms with Crippen LogP contribution in [0.25, 0.3) is 9.69 Å². The molecule has 6 fully saturated rings. The molecule has 6 aliphatic rings. The zero-order valence-corrected chi connectivity index (χ0v) is 48.4. The third kappa shape index (κ3) is 12.8. The third-order valence-corrected chi connectivity index (χ3v) is 20.7. The lowest BCUT2D eigenvalue weighted by atomic mass is 9.81. The van der Waals surface area contributed by atoms with E-state index in [9.17, 15) is 31.2 Å². The Morgan fingerprint density at radius 2 is 1.27 bits per heavy atom. The van der Waals surface area contributed by atoms with Crippen molar-refractivity contribution >= 4 is 49.8 Å². The minimum absolute atomic E-state index is 0.0737. The quantitative estimate of drug-likeness (QED) is 0.143. The number of Topliss-reactive ketones (excluding diaryl/α,β-unsaturated/α-hetero) is 1. The van der Waals surface area contributed by atoms with Crippen molar-refractivity contribution in [1.82, 2.24) is 27.4 Å². The average molecular weight is 1120 g/mol. The normalized spacial score (nSPS) is 29.0. The smallest absolute Gasteiger partial charge is 0.410 e. The lowest BCUT2D eigenvalue weighted by Crippen LogP contribution is -2.52.